The van der Waals surface area contributed by atoms with Crippen molar-refractivity contribution in [1.82, 2.24) is 9.97 Å². The summed E-state index contributed by atoms with van der Waals surface area (Å²) in [7, 11) is 0. The van der Waals surface area contributed by atoms with E-state index < -0.39 is 0 Å². The molecule has 0 fully saturated rings. The molecule has 3 aromatic rings. The van der Waals surface area contributed by atoms with E-state index in [4.69, 9.17) is 17.3 Å². The molecule has 1 aromatic heterocycles. The van der Waals surface area contributed by atoms with Crippen molar-refractivity contribution in [3.05, 3.63) is 45.0 Å². The van der Waals surface area contributed by atoms with E-state index in [9.17, 15) is 0 Å². The summed E-state index contributed by atoms with van der Waals surface area (Å²) in [5, 5.41) is 0.609. The van der Waals surface area contributed by atoms with Crippen LogP contribution in [0, 0.1) is 3.57 Å². The first kappa shape index (κ1) is 11.8. The maximum atomic E-state index is 5.98. The summed E-state index contributed by atoms with van der Waals surface area (Å²) in [6.07, 6.45) is 0. The molecule has 3 nitrogen and oxygen atoms in total. The van der Waals surface area contributed by atoms with Gasteiger partial charge in [0.15, 0.2) is 0 Å². The molecular formula is C13H9ClIN3. The maximum Gasteiger partial charge on any atom is 0.139 e. The number of aromatic nitrogens is 2. The average Bonchev–Trinajstić information content (AvgIpc) is 2.73. The third kappa shape index (κ3) is 1.95. The maximum absolute atomic E-state index is 5.98. The summed E-state index contributed by atoms with van der Waals surface area (Å²) >= 11 is 8.27. The number of hydrogen-bond donors (Lipinski definition) is 2. The molecular weight excluding hydrogens is 361 g/mol. The van der Waals surface area contributed by atoms with E-state index in [-0.39, 0.29) is 0 Å². The van der Waals surface area contributed by atoms with Crippen LogP contribution < -0.4 is 5.73 Å². The summed E-state index contributed by atoms with van der Waals surface area (Å²) in [6.45, 7) is 0. The van der Waals surface area contributed by atoms with Gasteiger partial charge in [-0.25, -0.2) is 4.98 Å². The zero-order valence-electron chi connectivity index (χ0n) is 9.24. The van der Waals surface area contributed by atoms with E-state index in [0.717, 1.165) is 26.0 Å². The first-order chi connectivity index (χ1) is 8.65. The Bertz CT molecular complexity index is 736. The van der Waals surface area contributed by atoms with Gasteiger partial charge in [0.05, 0.1) is 11.2 Å². The first-order valence-electron chi connectivity index (χ1n) is 5.35. The lowest BCUT2D eigenvalue weighted by Gasteiger charge is -1.98. The summed E-state index contributed by atoms with van der Waals surface area (Å²) in [6, 6.07) is 11.6. The second-order valence-electron chi connectivity index (χ2n) is 3.96. The molecule has 3 rings (SSSR count). The number of anilines is 1. The lowest BCUT2D eigenvalue weighted by Crippen LogP contribution is -1.86. The summed E-state index contributed by atoms with van der Waals surface area (Å²) < 4.78 is 1.14. The minimum Gasteiger partial charge on any atom is -0.397 e. The molecule has 0 atom stereocenters. The van der Waals surface area contributed by atoms with Crippen LogP contribution in [0.15, 0.2) is 36.4 Å². The molecule has 0 unspecified atom stereocenters. The lowest BCUT2D eigenvalue weighted by atomic mass is 10.2. The molecule has 2 aromatic carbocycles. The Labute approximate surface area is 123 Å². The predicted octanol–water partition coefficient (Wildman–Crippen LogP) is 4.07. The number of nitrogen functional groups attached to an aromatic ring is 1. The minimum atomic E-state index is 0.589. The van der Waals surface area contributed by atoms with Gasteiger partial charge in [-0.2, -0.15) is 0 Å². The molecule has 3 N–H and O–H groups in total. The number of fused-ring (bicyclic) bond motifs is 1. The van der Waals surface area contributed by atoms with E-state index in [1.165, 1.54) is 0 Å². The average molecular weight is 370 g/mol. The van der Waals surface area contributed by atoms with Gasteiger partial charge < -0.3 is 10.7 Å². The molecule has 0 aliphatic carbocycles. The van der Waals surface area contributed by atoms with E-state index in [2.05, 4.69) is 32.6 Å². The topological polar surface area (TPSA) is 54.7 Å². The molecule has 90 valence electrons. The third-order valence-corrected chi connectivity index (χ3v) is 3.87. The number of H-pyrrole nitrogens is 1. The fourth-order valence-corrected chi connectivity index (χ4v) is 2.76. The molecule has 1 heterocycles. The molecule has 0 bridgehead atoms. The fraction of sp³-hybridized carbons (Fsp3) is 0. The van der Waals surface area contributed by atoms with Crippen molar-refractivity contribution >= 4 is 50.9 Å². The van der Waals surface area contributed by atoms with Crippen LogP contribution in [0.5, 0.6) is 0 Å². The number of nitrogens with two attached hydrogens (primary N) is 1. The Balaban J connectivity index is 2.26. The number of rotatable bonds is 1. The molecule has 0 aliphatic rings. The van der Waals surface area contributed by atoms with Crippen molar-refractivity contribution in [2.24, 2.45) is 0 Å². The van der Waals surface area contributed by atoms with Gasteiger partial charge in [-0.3, -0.25) is 0 Å². The number of nitrogens with one attached hydrogen (secondary N) is 1. The summed E-state index contributed by atoms with van der Waals surface area (Å²) in [5.41, 5.74) is 9.18. The molecule has 0 aliphatic heterocycles. The Kier molecular flexibility index (Phi) is 2.91. The molecule has 0 amide bonds. The predicted molar refractivity (Wildman–Crippen MR) is 83.7 cm³/mol. The molecule has 0 saturated heterocycles. The van der Waals surface area contributed by atoms with Gasteiger partial charge in [0.25, 0.3) is 0 Å². The van der Waals surface area contributed by atoms with Gasteiger partial charge in [-0.1, -0.05) is 29.8 Å². The van der Waals surface area contributed by atoms with Crippen molar-refractivity contribution in [3.63, 3.8) is 0 Å². The highest BCUT2D eigenvalue weighted by molar-refractivity contribution is 14.1. The number of nitrogens with zero attached hydrogens (tertiary/aromatic N) is 1. The van der Waals surface area contributed by atoms with E-state index in [1.807, 2.05) is 30.3 Å². The summed E-state index contributed by atoms with van der Waals surface area (Å²) in [4.78, 5) is 7.79. The quantitative estimate of drug-likeness (QED) is 0.502. The van der Waals surface area contributed by atoms with Crippen LogP contribution in [0.1, 0.15) is 0 Å². The lowest BCUT2D eigenvalue weighted by molar-refractivity contribution is 1.33. The largest absolute Gasteiger partial charge is 0.397 e. The molecule has 18 heavy (non-hydrogen) atoms. The SMILES string of the molecule is Nc1cc(Cl)cc2[nH]c(-c3ccccc3I)nc12. The van der Waals surface area contributed by atoms with Gasteiger partial charge in [-0.05, 0) is 40.8 Å². The Morgan fingerprint density at radius 2 is 2.00 bits per heavy atom. The van der Waals surface area contributed by atoms with Crippen molar-refractivity contribution in [2.75, 3.05) is 5.73 Å². The van der Waals surface area contributed by atoms with E-state index in [1.54, 1.807) is 6.07 Å². The number of hydrogen-bond acceptors (Lipinski definition) is 2. The zero-order valence-corrected chi connectivity index (χ0v) is 12.2. The first-order valence-corrected chi connectivity index (χ1v) is 6.80. The Morgan fingerprint density at radius 3 is 2.78 bits per heavy atom. The highest BCUT2D eigenvalue weighted by Gasteiger charge is 2.10. The van der Waals surface area contributed by atoms with Crippen LogP contribution in [-0.2, 0) is 0 Å². The number of aromatic amines is 1. The Hall–Kier alpha value is -1.27. The standard InChI is InChI=1S/C13H9ClIN3/c14-7-5-10(16)12-11(6-7)17-13(18-12)8-3-1-2-4-9(8)15/h1-6H,16H2,(H,17,18). The smallest absolute Gasteiger partial charge is 0.139 e. The third-order valence-electron chi connectivity index (χ3n) is 2.71. The van der Waals surface area contributed by atoms with Gasteiger partial charge in [-0.15, -0.1) is 0 Å². The molecule has 5 heteroatoms. The van der Waals surface area contributed by atoms with E-state index >= 15 is 0 Å². The van der Waals surface area contributed by atoms with Crippen LogP contribution in [0.3, 0.4) is 0 Å². The second kappa shape index (κ2) is 4.44. The highest BCUT2D eigenvalue weighted by Crippen LogP contribution is 2.29. The van der Waals surface area contributed by atoms with Gasteiger partial charge in [0.1, 0.15) is 11.3 Å². The van der Waals surface area contributed by atoms with E-state index in [0.29, 0.717) is 10.7 Å². The Morgan fingerprint density at radius 1 is 1.22 bits per heavy atom. The van der Waals surface area contributed by atoms with Crippen LogP contribution in [0.2, 0.25) is 5.02 Å². The van der Waals surface area contributed by atoms with Crippen molar-refractivity contribution in [3.8, 4) is 11.4 Å². The van der Waals surface area contributed by atoms with Gasteiger partial charge in [0, 0.05) is 14.2 Å². The van der Waals surface area contributed by atoms with Gasteiger partial charge in [0.2, 0.25) is 0 Å². The van der Waals surface area contributed by atoms with Gasteiger partial charge >= 0.3 is 0 Å². The van der Waals surface area contributed by atoms with Crippen LogP contribution in [0.25, 0.3) is 22.4 Å². The summed E-state index contributed by atoms with van der Waals surface area (Å²) in [5.74, 6) is 0.809. The van der Waals surface area contributed by atoms with Crippen LogP contribution in [-0.4, -0.2) is 9.97 Å². The number of benzene rings is 2. The minimum absolute atomic E-state index is 0.589. The number of halogens is 2. The van der Waals surface area contributed by atoms with Crippen LogP contribution >= 0.6 is 34.2 Å². The van der Waals surface area contributed by atoms with Crippen molar-refractivity contribution in [1.29, 1.82) is 0 Å². The van der Waals surface area contributed by atoms with Crippen LogP contribution in [0.4, 0.5) is 5.69 Å². The normalized spacial score (nSPS) is 11.0. The second-order valence-corrected chi connectivity index (χ2v) is 5.56. The highest BCUT2D eigenvalue weighted by atomic mass is 127. The fourth-order valence-electron chi connectivity index (χ4n) is 1.89. The zero-order chi connectivity index (χ0) is 12.7. The number of imidazole rings is 1. The van der Waals surface area contributed by atoms with Crippen molar-refractivity contribution < 1.29 is 0 Å². The monoisotopic (exact) mass is 369 g/mol. The molecule has 0 spiro atoms. The van der Waals surface area contributed by atoms with Crippen molar-refractivity contribution in [2.45, 2.75) is 0 Å². The molecule has 0 saturated carbocycles. The molecule has 0 radical (unpaired) electrons.